The maximum Gasteiger partial charge on any atom is 0.280 e. The third-order valence-corrected chi connectivity index (χ3v) is 3.69. The van der Waals surface area contributed by atoms with Crippen molar-refractivity contribution in [2.45, 2.75) is 13.3 Å². The van der Waals surface area contributed by atoms with Gasteiger partial charge in [-0.25, -0.2) is 5.01 Å². The van der Waals surface area contributed by atoms with Crippen molar-refractivity contribution in [1.82, 2.24) is 5.01 Å². The molecule has 1 heterocycles. The second-order valence-corrected chi connectivity index (χ2v) is 5.37. The van der Waals surface area contributed by atoms with Crippen LogP contribution in [0.5, 0.6) is 11.5 Å². The van der Waals surface area contributed by atoms with Crippen LogP contribution in [-0.2, 0) is 4.79 Å². The van der Waals surface area contributed by atoms with E-state index in [1.807, 2.05) is 49.4 Å². The van der Waals surface area contributed by atoms with Gasteiger partial charge in [0, 0.05) is 6.42 Å². The van der Waals surface area contributed by atoms with Crippen LogP contribution < -0.4 is 9.47 Å². The molecule has 1 aliphatic rings. The number of hydrazone groups is 1. The van der Waals surface area contributed by atoms with Crippen LogP contribution >= 0.6 is 0 Å². The van der Waals surface area contributed by atoms with Crippen molar-refractivity contribution < 1.29 is 14.3 Å². The summed E-state index contributed by atoms with van der Waals surface area (Å²) in [4.78, 5) is 12.2. The van der Waals surface area contributed by atoms with Crippen LogP contribution in [0.15, 0.2) is 59.7 Å². The van der Waals surface area contributed by atoms with E-state index >= 15 is 0 Å². The first kappa shape index (κ1) is 16.1. The Kier molecular flexibility index (Phi) is 5.11. The summed E-state index contributed by atoms with van der Waals surface area (Å²) in [5.74, 6) is 1.28. The Morgan fingerprint density at radius 1 is 1.04 bits per heavy atom. The fraction of sp³-hybridized carbons (Fsp3) is 0.263. The molecule has 0 bridgehead atoms. The maximum absolute atomic E-state index is 12.2. The second-order valence-electron chi connectivity index (χ2n) is 5.37. The normalized spacial score (nSPS) is 13.5. The molecule has 0 atom stereocenters. The minimum absolute atomic E-state index is 0.0282. The molecular weight excluding hydrogens is 304 g/mol. The summed E-state index contributed by atoms with van der Waals surface area (Å²) >= 11 is 0. The van der Waals surface area contributed by atoms with Gasteiger partial charge in [0.2, 0.25) is 0 Å². The van der Waals surface area contributed by atoms with E-state index in [0.717, 1.165) is 23.4 Å². The van der Waals surface area contributed by atoms with Crippen molar-refractivity contribution in [3.05, 3.63) is 60.2 Å². The summed E-state index contributed by atoms with van der Waals surface area (Å²) in [5.41, 5.74) is 1.99. The molecule has 0 saturated carbocycles. The highest BCUT2D eigenvalue weighted by Crippen LogP contribution is 2.18. The Labute approximate surface area is 141 Å². The fourth-order valence-corrected chi connectivity index (χ4v) is 2.49. The molecule has 0 aliphatic carbocycles. The van der Waals surface area contributed by atoms with E-state index < -0.39 is 0 Å². The third-order valence-electron chi connectivity index (χ3n) is 3.69. The number of carbonyl (C=O) groups is 1. The average Bonchev–Trinajstić information content (AvgIpc) is 3.12. The van der Waals surface area contributed by atoms with E-state index in [-0.39, 0.29) is 12.5 Å². The first-order valence-corrected chi connectivity index (χ1v) is 8.05. The summed E-state index contributed by atoms with van der Waals surface area (Å²) in [6.07, 6.45) is 0.763. The summed E-state index contributed by atoms with van der Waals surface area (Å²) in [6, 6.07) is 17.1. The number of carbonyl (C=O) groups excluding carboxylic acids is 1. The molecule has 5 nitrogen and oxygen atoms in total. The smallest absolute Gasteiger partial charge is 0.280 e. The Morgan fingerprint density at radius 3 is 2.38 bits per heavy atom. The molecule has 0 fully saturated rings. The van der Waals surface area contributed by atoms with Gasteiger partial charge in [-0.05, 0) is 36.8 Å². The Hall–Kier alpha value is -2.82. The van der Waals surface area contributed by atoms with Crippen LogP contribution in [0.25, 0.3) is 0 Å². The van der Waals surface area contributed by atoms with E-state index in [9.17, 15) is 4.79 Å². The summed E-state index contributed by atoms with van der Waals surface area (Å²) in [6.45, 7) is 3.12. The molecule has 0 unspecified atom stereocenters. The number of amides is 1. The molecule has 124 valence electrons. The van der Waals surface area contributed by atoms with Gasteiger partial charge >= 0.3 is 0 Å². The van der Waals surface area contributed by atoms with E-state index in [4.69, 9.17) is 9.47 Å². The molecule has 1 amide bonds. The predicted octanol–water partition coefficient (Wildman–Crippen LogP) is 3.10. The molecule has 3 rings (SSSR count). The SMILES string of the molecule is CCOc1ccc(OCC(=O)N2CCC(c3ccccc3)=N2)cc1. The van der Waals surface area contributed by atoms with Crippen LogP contribution in [0.4, 0.5) is 0 Å². The number of hydrogen-bond acceptors (Lipinski definition) is 4. The van der Waals surface area contributed by atoms with Crippen molar-refractivity contribution in [1.29, 1.82) is 0 Å². The number of benzene rings is 2. The molecule has 0 spiro atoms. The highest BCUT2D eigenvalue weighted by atomic mass is 16.5. The first-order valence-electron chi connectivity index (χ1n) is 8.05. The standard InChI is InChI=1S/C19H20N2O3/c1-2-23-16-8-10-17(11-9-16)24-14-19(22)21-13-12-18(20-21)15-6-4-3-5-7-15/h3-11H,2,12-14H2,1H3. The summed E-state index contributed by atoms with van der Waals surface area (Å²) in [7, 11) is 0. The monoisotopic (exact) mass is 324 g/mol. The van der Waals surface area contributed by atoms with Gasteiger partial charge in [0.1, 0.15) is 11.5 Å². The number of rotatable bonds is 6. The molecular formula is C19H20N2O3. The Morgan fingerprint density at radius 2 is 1.71 bits per heavy atom. The largest absolute Gasteiger partial charge is 0.494 e. The van der Waals surface area contributed by atoms with Gasteiger partial charge in [-0.3, -0.25) is 4.79 Å². The van der Waals surface area contributed by atoms with Gasteiger partial charge in [-0.1, -0.05) is 30.3 Å². The quantitative estimate of drug-likeness (QED) is 0.820. The molecule has 24 heavy (non-hydrogen) atoms. The molecule has 0 aromatic heterocycles. The van der Waals surface area contributed by atoms with Gasteiger partial charge in [-0.15, -0.1) is 0 Å². The van der Waals surface area contributed by atoms with Gasteiger partial charge < -0.3 is 9.47 Å². The molecule has 2 aromatic carbocycles. The number of ether oxygens (including phenoxy) is 2. The minimum atomic E-state index is -0.144. The summed E-state index contributed by atoms with van der Waals surface area (Å²) in [5, 5.41) is 5.89. The Bertz CT molecular complexity index is 711. The molecule has 0 N–H and O–H groups in total. The van der Waals surface area contributed by atoms with E-state index in [1.165, 1.54) is 5.01 Å². The van der Waals surface area contributed by atoms with Crippen LogP contribution in [0.2, 0.25) is 0 Å². The van der Waals surface area contributed by atoms with Gasteiger partial charge in [0.05, 0.1) is 18.9 Å². The lowest BCUT2D eigenvalue weighted by Crippen LogP contribution is -2.28. The third kappa shape index (κ3) is 3.93. The minimum Gasteiger partial charge on any atom is -0.494 e. The molecule has 2 aromatic rings. The van der Waals surface area contributed by atoms with Gasteiger partial charge in [0.25, 0.3) is 5.91 Å². The van der Waals surface area contributed by atoms with Crippen molar-refractivity contribution in [2.24, 2.45) is 5.10 Å². The summed E-state index contributed by atoms with van der Waals surface area (Å²) < 4.78 is 10.9. The van der Waals surface area contributed by atoms with Crippen LogP contribution in [-0.4, -0.2) is 36.4 Å². The lowest BCUT2D eigenvalue weighted by Gasteiger charge is -2.12. The number of hydrogen-bond donors (Lipinski definition) is 0. The zero-order chi connectivity index (χ0) is 16.8. The van der Waals surface area contributed by atoms with Crippen LogP contribution in [0.1, 0.15) is 18.9 Å². The Balaban J connectivity index is 1.55. The average molecular weight is 324 g/mol. The van der Waals surface area contributed by atoms with Crippen molar-refractivity contribution in [3.8, 4) is 11.5 Å². The van der Waals surface area contributed by atoms with Crippen molar-refractivity contribution in [3.63, 3.8) is 0 Å². The zero-order valence-electron chi connectivity index (χ0n) is 13.6. The second kappa shape index (κ2) is 7.64. The van der Waals surface area contributed by atoms with E-state index in [0.29, 0.717) is 18.9 Å². The van der Waals surface area contributed by atoms with Crippen molar-refractivity contribution >= 4 is 11.6 Å². The lowest BCUT2D eigenvalue weighted by molar-refractivity contribution is -0.132. The van der Waals surface area contributed by atoms with Gasteiger partial charge in [-0.2, -0.15) is 5.10 Å². The van der Waals surface area contributed by atoms with Crippen molar-refractivity contribution in [2.75, 3.05) is 19.8 Å². The number of nitrogens with zero attached hydrogens (tertiary/aromatic N) is 2. The lowest BCUT2D eigenvalue weighted by atomic mass is 10.1. The molecule has 0 saturated heterocycles. The van der Waals surface area contributed by atoms with Crippen LogP contribution in [0, 0.1) is 0 Å². The zero-order valence-corrected chi connectivity index (χ0v) is 13.6. The van der Waals surface area contributed by atoms with Crippen LogP contribution in [0.3, 0.4) is 0 Å². The molecule has 1 aliphatic heterocycles. The predicted molar refractivity (Wildman–Crippen MR) is 92.4 cm³/mol. The first-order chi connectivity index (χ1) is 11.8. The fourth-order valence-electron chi connectivity index (χ4n) is 2.49. The topological polar surface area (TPSA) is 51.1 Å². The molecule has 5 heteroatoms. The van der Waals surface area contributed by atoms with Gasteiger partial charge in [0.15, 0.2) is 6.61 Å². The van der Waals surface area contributed by atoms with E-state index in [2.05, 4.69) is 5.10 Å². The van der Waals surface area contributed by atoms with E-state index in [1.54, 1.807) is 12.1 Å². The highest BCUT2D eigenvalue weighted by molar-refractivity contribution is 6.02. The highest BCUT2D eigenvalue weighted by Gasteiger charge is 2.21. The molecule has 0 radical (unpaired) electrons. The maximum atomic E-state index is 12.2.